The Labute approximate surface area is 172 Å². The number of hydrogen-bond donors (Lipinski definition) is 1. The summed E-state index contributed by atoms with van der Waals surface area (Å²) in [5.41, 5.74) is 2.04. The van der Waals surface area contributed by atoms with Crippen molar-refractivity contribution in [3.05, 3.63) is 126 Å². The molecule has 1 aliphatic heterocycles. The fourth-order valence-corrected chi connectivity index (χ4v) is 3.42. The van der Waals surface area contributed by atoms with E-state index >= 15 is 0 Å². The second kappa shape index (κ2) is 8.38. The van der Waals surface area contributed by atoms with Gasteiger partial charge in [0, 0.05) is 12.4 Å². The van der Waals surface area contributed by atoms with Crippen LogP contribution in [-0.4, -0.2) is 10.0 Å². The Morgan fingerprint density at radius 2 is 1.41 bits per heavy atom. The van der Waals surface area contributed by atoms with Crippen molar-refractivity contribution in [2.75, 3.05) is 0 Å². The number of aliphatic hydroxyl groups is 1. The van der Waals surface area contributed by atoms with E-state index in [2.05, 4.69) is 24.0 Å². The summed E-state index contributed by atoms with van der Waals surface area (Å²) in [6.45, 7) is 2.67. The first kappa shape index (κ1) is 19.0. The van der Waals surface area contributed by atoms with E-state index in [0.29, 0.717) is 6.61 Å². The molecule has 0 unspecified atom stereocenters. The third-order valence-corrected chi connectivity index (χ3v) is 5.30. The van der Waals surface area contributed by atoms with E-state index in [1.807, 2.05) is 97.3 Å². The van der Waals surface area contributed by atoms with Gasteiger partial charge in [-0.15, -0.1) is 0 Å². The lowest BCUT2D eigenvalue weighted by molar-refractivity contribution is 0.134. The number of ether oxygens (including phenoxy) is 1. The second-order valence-corrected chi connectivity index (χ2v) is 7.29. The zero-order valence-corrected chi connectivity index (χ0v) is 16.5. The Morgan fingerprint density at radius 3 is 2.03 bits per heavy atom. The van der Waals surface area contributed by atoms with Crippen molar-refractivity contribution in [2.24, 2.45) is 0 Å². The molecule has 0 aromatic heterocycles. The Bertz CT molecular complexity index is 964. The van der Waals surface area contributed by atoms with Gasteiger partial charge in [-0.05, 0) is 47.9 Å². The zero-order valence-electron chi connectivity index (χ0n) is 16.5. The summed E-state index contributed by atoms with van der Waals surface area (Å²) >= 11 is 0. The van der Waals surface area contributed by atoms with E-state index < -0.39 is 5.60 Å². The molecule has 1 aliphatic rings. The first-order chi connectivity index (χ1) is 14.1. The SMILES string of the molecule is C[C@H](c1ccccc1)N1C=CC(O)(c2ccc(OCc3ccccc3)cc2)C=C1. The molecule has 0 aliphatic carbocycles. The Balaban J connectivity index is 1.41. The molecule has 1 N–H and O–H groups in total. The van der Waals surface area contributed by atoms with E-state index in [1.54, 1.807) is 0 Å². The predicted octanol–water partition coefficient (Wildman–Crippen LogP) is 5.56. The molecule has 1 heterocycles. The van der Waals surface area contributed by atoms with Gasteiger partial charge in [-0.3, -0.25) is 0 Å². The first-order valence-electron chi connectivity index (χ1n) is 9.85. The van der Waals surface area contributed by atoms with Crippen LogP contribution >= 0.6 is 0 Å². The van der Waals surface area contributed by atoms with Gasteiger partial charge in [0.2, 0.25) is 0 Å². The average Bonchev–Trinajstić information content (AvgIpc) is 2.79. The highest BCUT2D eigenvalue weighted by atomic mass is 16.5. The molecule has 0 bridgehead atoms. The van der Waals surface area contributed by atoms with Gasteiger partial charge < -0.3 is 14.7 Å². The zero-order chi connectivity index (χ0) is 20.1. The summed E-state index contributed by atoms with van der Waals surface area (Å²) in [5, 5.41) is 11.1. The molecule has 3 nitrogen and oxygen atoms in total. The fraction of sp³-hybridized carbons (Fsp3) is 0.154. The third kappa shape index (κ3) is 4.41. The van der Waals surface area contributed by atoms with Gasteiger partial charge >= 0.3 is 0 Å². The lowest BCUT2D eigenvalue weighted by atomic mass is 9.92. The van der Waals surface area contributed by atoms with Crippen LogP contribution in [0.3, 0.4) is 0 Å². The molecular formula is C26H25NO2. The lowest BCUT2D eigenvalue weighted by Crippen LogP contribution is -2.27. The van der Waals surface area contributed by atoms with Gasteiger partial charge in [0.05, 0.1) is 6.04 Å². The fourth-order valence-electron chi connectivity index (χ4n) is 3.42. The number of rotatable bonds is 6. The highest BCUT2D eigenvalue weighted by Gasteiger charge is 2.27. The van der Waals surface area contributed by atoms with E-state index in [0.717, 1.165) is 16.9 Å². The molecule has 3 aromatic carbocycles. The van der Waals surface area contributed by atoms with Gasteiger partial charge in [-0.2, -0.15) is 0 Å². The molecule has 3 heteroatoms. The highest BCUT2D eigenvalue weighted by molar-refractivity contribution is 5.38. The third-order valence-electron chi connectivity index (χ3n) is 5.30. The van der Waals surface area contributed by atoms with Crippen molar-refractivity contribution in [3.8, 4) is 5.75 Å². The lowest BCUT2D eigenvalue weighted by Gasteiger charge is -2.32. The Morgan fingerprint density at radius 1 is 0.828 bits per heavy atom. The highest BCUT2D eigenvalue weighted by Crippen LogP contribution is 2.32. The molecule has 0 saturated carbocycles. The van der Waals surface area contributed by atoms with E-state index in [4.69, 9.17) is 4.74 Å². The largest absolute Gasteiger partial charge is 0.489 e. The molecule has 0 spiro atoms. The van der Waals surface area contributed by atoms with Crippen LogP contribution < -0.4 is 4.74 Å². The van der Waals surface area contributed by atoms with Crippen molar-refractivity contribution in [2.45, 2.75) is 25.2 Å². The minimum atomic E-state index is -1.12. The molecule has 1 atom stereocenters. The molecule has 29 heavy (non-hydrogen) atoms. The Hall–Kier alpha value is -3.30. The van der Waals surface area contributed by atoms with Crippen LogP contribution in [0.5, 0.6) is 5.75 Å². The van der Waals surface area contributed by atoms with Crippen molar-refractivity contribution in [1.82, 2.24) is 4.90 Å². The summed E-state index contributed by atoms with van der Waals surface area (Å²) < 4.78 is 5.84. The van der Waals surface area contributed by atoms with E-state index in [1.165, 1.54) is 5.56 Å². The van der Waals surface area contributed by atoms with Crippen molar-refractivity contribution < 1.29 is 9.84 Å². The van der Waals surface area contributed by atoms with Crippen LogP contribution in [0.4, 0.5) is 0 Å². The molecule has 146 valence electrons. The average molecular weight is 383 g/mol. The van der Waals surface area contributed by atoms with Crippen molar-refractivity contribution in [1.29, 1.82) is 0 Å². The predicted molar refractivity (Wildman–Crippen MR) is 116 cm³/mol. The first-order valence-corrected chi connectivity index (χ1v) is 9.85. The van der Waals surface area contributed by atoms with Crippen LogP contribution in [0.15, 0.2) is 109 Å². The topological polar surface area (TPSA) is 32.7 Å². The van der Waals surface area contributed by atoms with Crippen LogP contribution in [0.25, 0.3) is 0 Å². The molecule has 4 rings (SSSR count). The smallest absolute Gasteiger partial charge is 0.130 e. The molecule has 0 radical (unpaired) electrons. The molecule has 3 aromatic rings. The van der Waals surface area contributed by atoms with Crippen LogP contribution in [0.2, 0.25) is 0 Å². The Kier molecular flexibility index (Phi) is 5.50. The summed E-state index contributed by atoms with van der Waals surface area (Å²) in [6, 6.07) is 28.2. The summed E-state index contributed by atoms with van der Waals surface area (Å²) in [7, 11) is 0. The van der Waals surface area contributed by atoms with Crippen LogP contribution in [-0.2, 0) is 12.2 Å². The maximum atomic E-state index is 11.1. The van der Waals surface area contributed by atoms with E-state index in [-0.39, 0.29) is 6.04 Å². The number of nitrogens with zero attached hydrogens (tertiary/aromatic N) is 1. The second-order valence-electron chi connectivity index (χ2n) is 7.29. The van der Waals surface area contributed by atoms with Gasteiger partial charge in [-0.25, -0.2) is 0 Å². The normalized spacial score (nSPS) is 15.9. The summed E-state index contributed by atoms with van der Waals surface area (Å²) in [4.78, 5) is 2.10. The summed E-state index contributed by atoms with van der Waals surface area (Å²) in [5.74, 6) is 0.782. The maximum absolute atomic E-state index is 11.1. The van der Waals surface area contributed by atoms with Gasteiger partial charge in [0.1, 0.15) is 18.0 Å². The number of benzene rings is 3. The van der Waals surface area contributed by atoms with Gasteiger partial charge in [0.15, 0.2) is 0 Å². The molecule has 0 fully saturated rings. The molecule has 0 saturated heterocycles. The standard InChI is InChI=1S/C26H25NO2/c1-21(23-10-6-3-7-11-23)27-18-16-26(28,17-19-27)24-12-14-25(15-13-24)29-20-22-8-4-2-5-9-22/h2-19,21,28H,20H2,1H3/t21-/m1/s1. The minimum Gasteiger partial charge on any atom is -0.489 e. The number of hydrogen-bond acceptors (Lipinski definition) is 3. The van der Waals surface area contributed by atoms with Crippen molar-refractivity contribution in [3.63, 3.8) is 0 Å². The van der Waals surface area contributed by atoms with Gasteiger partial charge in [0.25, 0.3) is 0 Å². The monoisotopic (exact) mass is 383 g/mol. The van der Waals surface area contributed by atoms with Crippen LogP contribution in [0.1, 0.15) is 29.7 Å². The van der Waals surface area contributed by atoms with Gasteiger partial charge in [-0.1, -0.05) is 72.8 Å². The van der Waals surface area contributed by atoms with E-state index in [9.17, 15) is 5.11 Å². The molecule has 0 amide bonds. The van der Waals surface area contributed by atoms with Crippen molar-refractivity contribution >= 4 is 0 Å². The van der Waals surface area contributed by atoms with Crippen LogP contribution in [0, 0.1) is 0 Å². The molecular weight excluding hydrogens is 358 g/mol. The quantitative estimate of drug-likeness (QED) is 0.605. The minimum absolute atomic E-state index is 0.196. The maximum Gasteiger partial charge on any atom is 0.130 e. The summed E-state index contributed by atoms with van der Waals surface area (Å²) in [6.07, 6.45) is 7.54.